The van der Waals surface area contributed by atoms with Gasteiger partial charge in [0.1, 0.15) is 17.3 Å². The quantitative estimate of drug-likeness (QED) is 0.912. The van der Waals surface area contributed by atoms with Gasteiger partial charge in [-0.2, -0.15) is 0 Å². The van der Waals surface area contributed by atoms with Crippen molar-refractivity contribution < 1.29 is 19.0 Å². The fourth-order valence-electron chi connectivity index (χ4n) is 2.33. The Morgan fingerprint density at radius 1 is 1.14 bits per heavy atom. The van der Waals surface area contributed by atoms with Gasteiger partial charge in [0.05, 0.1) is 6.61 Å². The van der Waals surface area contributed by atoms with Gasteiger partial charge in [-0.25, -0.2) is 4.39 Å². The SMILES string of the molecule is O=C1CCc2cc(Oc3cc(F)cc(CO)c3)ccc2N1. The molecule has 3 rings (SSSR count). The molecule has 1 amide bonds. The van der Waals surface area contributed by atoms with Gasteiger partial charge >= 0.3 is 0 Å². The molecule has 0 atom stereocenters. The monoisotopic (exact) mass is 287 g/mol. The number of halogens is 1. The Balaban J connectivity index is 1.85. The van der Waals surface area contributed by atoms with Crippen LogP contribution in [0.4, 0.5) is 10.1 Å². The van der Waals surface area contributed by atoms with E-state index in [1.807, 2.05) is 6.07 Å². The molecule has 0 unspecified atom stereocenters. The lowest BCUT2D eigenvalue weighted by Crippen LogP contribution is -2.18. The average Bonchev–Trinajstić information content (AvgIpc) is 2.47. The number of fused-ring (bicyclic) bond motifs is 1. The van der Waals surface area contributed by atoms with E-state index in [9.17, 15) is 9.18 Å². The maximum atomic E-state index is 13.4. The van der Waals surface area contributed by atoms with E-state index < -0.39 is 5.82 Å². The Hall–Kier alpha value is -2.40. The van der Waals surface area contributed by atoms with Crippen molar-refractivity contribution in [3.63, 3.8) is 0 Å². The van der Waals surface area contributed by atoms with Crippen LogP contribution < -0.4 is 10.1 Å². The molecule has 0 aromatic heterocycles. The van der Waals surface area contributed by atoms with Gasteiger partial charge in [-0.15, -0.1) is 0 Å². The molecule has 1 heterocycles. The summed E-state index contributed by atoms with van der Waals surface area (Å²) in [6.45, 7) is -0.246. The van der Waals surface area contributed by atoms with Crippen LogP contribution in [0.15, 0.2) is 36.4 Å². The fraction of sp³-hybridized carbons (Fsp3) is 0.188. The van der Waals surface area contributed by atoms with Crippen molar-refractivity contribution in [1.29, 1.82) is 0 Å². The first kappa shape index (κ1) is 13.6. The number of ether oxygens (including phenoxy) is 1. The Morgan fingerprint density at radius 3 is 2.81 bits per heavy atom. The van der Waals surface area contributed by atoms with E-state index >= 15 is 0 Å². The zero-order valence-corrected chi connectivity index (χ0v) is 11.2. The van der Waals surface area contributed by atoms with Crippen LogP contribution in [0.25, 0.3) is 0 Å². The lowest BCUT2D eigenvalue weighted by Gasteiger charge is -2.17. The second-order valence-corrected chi connectivity index (χ2v) is 4.92. The van der Waals surface area contributed by atoms with Crippen LogP contribution in [0.3, 0.4) is 0 Å². The van der Waals surface area contributed by atoms with Gasteiger partial charge < -0.3 is 15.2 Å². The van der Waals surface area contributed by atoms with Crippen LogP contribution in [0.1, 0.15) is 17.5 Å². The van der Waals surface area contributed by atoms with Crippen LogP contribution >= 0.6 is 0 Å². The van der Waals surface area contributed by atoms with Crippen molar-refractivity contribution in [3.8, 4) is 11.5 Å². The first-order valence-corrected chi connectivity index (χ1v) is 6.65. The molecule has 1 aliphatic heterocycles. The number of anilines is 1. The van der Waals surface area contributed by atoms with Crippen LogP contribution in [-0.2, 0) is 17.8 Å². The molecule has 2 N–H and O–H groups in total. The van der Waals surface area contributed by atoms with E-state index in [2.05, 4.69) is 5.32 Å². The molecule has 5 heteroatoms. The largest absolute Gasteiger partial charge is 0.457 e. The highest BCUT2D eigenvalue weighted by atomic mass is 19.1. The smallest absolute Gasteiger partial charge is 0.224 e. The number of amides is 1. The third-order valence-electron chi connectivity index (χ3n) is 3.32. The highest BCUT2D eigenvalue weighted by Crippen LogP contribution is 2.30. The number of carbonyl (C=O) groups excluding carboxylic acids is 1. The van der Waals surface area contributed by atoms with Crippen LogP contribution in [0.2, 0.25) is 0 Å². The molecule has 108 valence electrons. The van der Waals surface area contributed by atoms with E-state index in [-0.39, 0.29) is 12.5 Å². The minimum absolute atomic E-state index is 0.00823. The number of aliphatic hydroxyl groups excluding tert-OH is 1. The second kappa shape index (κ2) is 5.54. The summed E-state index contributed by atoms with van der Waals surface area (Å²) in [4.78, 5) is 11.3. The van der Waals surface area contributed by atoms with E-state index in [1.54, 1.807) is 18.2 Å². The molecule has 0 saturated carbocycles. The Morgan fingerprint density at radius 2 is 2.00 bits per heavy atom. The van der Waals surface area contributed by atoms with Crippen molar-refractivity contribution in [1.82, 2.24) is 0 Å². The van der Waals surface area contributed by atoms with Gasteiger partial charge in [-0.3, -0.25) is 4.79 Å². The summed E-state index contributed by atoms with van der Waals surface area (Å²) in [6.07, 6.45) is 1.11. The number of rotatable bonds is 3. The van der Waals surface area contributed by atoms with Gasteiger partial charge in [0, 0.05) is 18.2 Å². The highest BCUT2D eigenvalue weighted by molar-refractivity contribution is 5.94. The van der Waals surface area contributed by atoms with E-state index in [0.717, 1.165) is 11.3 Å². The summed E-state index contributed by atoms with van der Waals surface area (Å²) in [5, 5.41) is 11.9. The van der Waals surface area contributed by atoms with Crippen molar-refractivity contribution in [2.24, 2.45) is 0 Å². The topological polar surface area (TPSA) is 58.6 Å². The summed E-state index contributed by atoms with van der Waals surface area (Å²) < 4.78 is 19.0. The predicted octanol–water partition coefficient (Wildman–Crippen LogP) is 3.00. The fourth-order valence-corrected chi connectivity index (χ4v) is 2.33. The molecular formula is C16H14FNO3. The molecule has 0 fully saturated rings. The lowest BCUT2D eigenvalue weighted by molar-refractivity contribution is -0.116. The maximum Gasteiger partial charge on any atom is 0.224 e. The molecule has 0 aliphatic carbocycles. The Kier molecular flexibility index (Phi) is 3.58. The number of aryl methyl sites for hydroxylation is 1. The van der Waals surface area contributed by atoms with Crippen LogP contribution in [0, 0.1) is 5.82 Å². The third kappa shape index (κ3) is 3.03. The predicted molar refractivity (Wildman–Crippen MR) is 75.8 cm³/mol. The molecule has 1 aliphatic rings. The second-order valence-electron chi connectivity index (χ2n) is 4.92. The summed E-state index contributed by atoms with van der Waals surface area (Å²) in [5.41, 5.74) is 2.23. The third-order valence-corrected chi connectivity index (χ3v) is 3.32. The average molecular weight is 287 g/mol. The van der Waals surface area contributed by atoms with Crippen molar-refractivity contribution in [3.05, 3.63) is 53.3 Å². The van der Waals surface area contributed by atoms with Gasteiger partial charge in [-0.05, 0) is 47.9 Å². The molecule has 0 spiro atoms. The molecular weight excluding hydrogens is 273 g/mol. The van der Waals surface area contributed by atoms with Gasteiger partial charge in [0.15, 0.2) is 0 Å². The van der Waals surface area contributed by atoms with E-state index in [0.29, 0.717) is 29.9 Å². The number of hydrogen-bond donors (Lipinski definition) is 2. The van der Waals surface area contributed by atoms with Crippen molar-refractivity contribution in [2.45, 2.75) is 19.4 Å². The van der Waals surface area contributed by atoms with Crippen LogP contribution in [0.5, 0.6) is 11.5 Å². The zero-order chi connectivity index (χ0) is 14.8. The van der Waals surface area contributed by atoms with Crippen molar-refractivity contribution >= 4 is 11.6 Å². The molecule has 0 saturated heterocycles. The number of benzene rings is 2. The summed E-state index contributed by atoms with van der Waals surface area (Å²) in [5.74, 6) is 0.453. The first-order valence-electron chi connectivity index (χ1n) is 6.65. The number of carbonyl (C=O) groups is 1. The number of nitrogens with one attached hydrogen (secondary N) is 1. The molecule has 2 aromatic rings. The highest BCUT2D eigenvalue weighted by Gasteiger charge is 2.15. The maximum absolute atomic E-state index is 13.4. The van der Waals surface area contributed by atoms with Gasteiger partial charge in [0.25, 0.3) is 0 Å². The van der Waals surface area contributed by atoms with Gasteiger partial charge in [-0.1, -0.05) is 0 Å². The zero-order valence-electron chi connectivity index (χ0n) is 11.2. The summed E-state index contributed by atoms with van der Waals surface area (Å²) in [7, 11) is 0. The number of hydrogen-bond acceptors (Lipinski definition) is 3. The first-order chi connectivity index (χ1) is 10.1. The lowest BCUT2D eigenvalue weighted by atomic mass is 10.0. The normalized spacial score (nSPS) is 13.5. The van der Waals surface area contributed by atoms with Gasteiger partial charge in [0.2, 0.25) is 5.91 Å². The standard InChI is InChI=1S/C16H14FNO3/c17-12-5-10(9-19)6-14(8-12)21-13-2-3-15-11(7-13)1-4-16(20)18-15/h2-3,5-8,19H,1,4,9H2,(H,18,20). The number of aliphatic hydroxyl groups is 1. The molecule has 4 nitrogen and oxygen atoms in total. The molecule has 0 bridgehead atoms. The molecule has 21 heavy (non-hydrogen) atoms. The van der Waals surface area contributed by atoms with E-state index in [4.69, 9.17) is 9.84 Å². The summed E-state index contributed by atoms with van der Waals surface area (Å²) in [6, 6.07) is 9.43. The summed E-state index contributed by atoms with van der Waals surface area (Å²) >= 11 is 0. The van der Waals surface area contributed by atoms with Crippen molar-refractivity contribution in [2.75, 3.05) is 5.32 Å². The molecule has 2 aromatic carbocycles. The van der Waals surface area contributed by atoms with Crippen LogP contribution in [-0.4, -0.2) is 11.0 Å². The molecule has 0 radical (unpaired) electrons. The van der Waals surface area contributed by atoms with E-state index in [1.165, 1.54) is 12.1 Å². The Labute approximate surface area is 121 Å². The minimum atomic E-state index is -0.457. The Bertz CT molecular complexity index is 700. The minimum Gasteiger partial charge on any atom is -0.457 e.